The largest absolute Gasteiger partial charge is 0.495 e. The first kappa shape index (κ1) is 13.5. The van der Waals surface area contributed by atoms with Gasteiger partial charge in [0.1, 0.15) is 5.75 Å². The van der Waals surface area contributed by atoms with Crippen LogP contribution < -0.4 is 10.1 Å². The molecule has 0 unspecified atom stereocenters. The zero-order chi connectivity index (χ0) is 13.9. The smallest absolute Gasteiger partial charge is 0.141 e. The first-order chi connectivity index (χ1) is 9.00. The molecule has 1 aromatic heterocycles. The molecular weight excluding hydrogens is 238 g/mol. The van der Waals surface area contributed by atoms with Crippen molar-refractivity contribution in [3.05, 3.63) is 41.7 Å². The van der Waals surface area contributed by atoms with Gasteiger partial charge in [-0.1, -0.05) is 26.8 Å². The molecular formula is C15H21N3O. The molecule has 0 saturated heterocycles. The van der Waals surface area contributed by atoms with Crippen molar-refractivity contribution >= 4 is 5.69 Å². The third kappa shape index (κ3) is 3.28. The lowest BCUT2D eigenvalue weighted by Gasteiger charge is -2.21. The molecule has 4 heteroatoms. The fraction of sp³-hybridized carbons (Fsp3) is 0.400. The van der Waals surface area contributed by atoms with Crippen LogP contribution in [0.15, 0.2) is 30.5 Å². The maximum Gasteiger partial charge on any atom is 0.141 e. The Kier molecular flexibility index (Phi) is 3.79. The van der Waals surface area contributed by atoms with Crippen molar-refractivity contribution < 1.29 is 4.74 Å². The minimum Gasteiger partial charge on any atom is -0.495 e. The topological polar surface area (TPSA) is 49.9 Å². The molecule has 102 valence electrons. The first-order valence-electron chi connectivity index (χ1n) is 6.41. The Balaban J connectivity index is 2.21. The minimum absolute atomic E-state index is 0.122. The number of hydrogen-bond acceptors (Lipinski definition) is 3. The van der Waals surface area contributed by atoms with Crippen LogP contribution in [0.25, 0.3) is 0 Å². The number of rotatable bonds is 4. The molecule has 19 heavy (non-hydrogen) atoms. The summed E-state index contributed by atoms with van der Waals surface area (Å²) >= 11 is 0. The van der Waals surface area contributed by atoms with Crippen molar-refractivity contribution in [3.63, 3.8) is 0 Å². The summed E-state index contributed by atoms with van der Waals surface area (Å²) in [5, 5.41) is 10.3. The molecule has 0 aliphatic carbocycles. The number of nitrogens with zero attached hydrogens (tertiary/aromatic N) is 1. The molecule has 0 bridgehead atoms. The molecule has 0 spiro atoms. The van der Waals surface area contributed by atoms with Crippen LogP contribution in [-0.4, -0.2) is 17.3 Å². The molecule has 2 N–H and O–H groups in total. The molecule has 2 rings (SSSR count). The molecule has 0 saturated carbocycles. The molecule has 1 heterocycles. The van der Waals surface area contributed by atoms with E-state index < -0.39 is 0 Å². The van der Waals surface area contributed by atoms with Crippen molar-refractivity contribution in [2.75, 3.05) is 12.4 Å². The fourth-order valence-electron chi connectivity index (χ4n) is 1.89. The molecule has 0 aliphatic heterocycles. The van der Waals surface area contributed by atoms with E-state index >= 15 is 0 Å². The highest BCUT2D eigenvalue weighted by Crippen LogP contribution is 2.31. The maximum absolute atomic E-state index is 5.39. The van der Waals surface area contributed by atoms with Crippen LogP contribution >= 0.6 is 0 Å². The molecule has 0 amide bonds. The van der Waals surface area contributed by atoms with Crippen LogP contribution in [0, 0.1) is 0 Å². The molecule has 0 fully saturated rings. The van der Waals surface area contributed by atoms with Gasteiger partial charge >= 0.3 is 0 Å². The third-order valence-corrected chi connectivity index (χ3v) is 3.09. The van der Waals surface area contributed by atoms with Gasteiger partial charge < -0.3 is 10.1 Å². The van der Waals surface area contributed by atoms with Crippen LogP contribution in [0.2, 0.25) is 0 Å². The Hall–Kier alpha value is -1.97. The monoisotopic (exact) mass is 259 g/mol. The maximum atomic E-state index is 5.39. The number of aromatic amines is 1. The van der Waals surface area contributed by atoms with Gasteiger partial charge in [0.2, 0.25) is 0 Å². The van der Waals surface area contributed by atoms with E-state index in [-0.39, 0.29) is 5.41 Å². The van der Waals surface area contributed by atoms with E-state index in [4.69, 9.17) is 4.74 Å². The summed E-state index contributed by atoms with van der Waals surface area (Å²) in [7, 11) is 1.69. The van der Waals surface area contributed by atoms with Crippen LogP contribution in [0.1, 0.15) is 32.0 Å². The SMILES string of the molecule is COc1ccc(C(C)(C)C)cc1NCc1ccn[nH]1. The van der Waals surface area contributed by atoms with E-state index in [9.17, 15) is 0 Å². The lowest BCUT2D eigenvalue weighted by molar-refractivity contribution is 0.416. The second kappa shape index (κ2) is 5.34. The molecule has 4 nitrogen and oxygen atoms in total. The van der Waals surface area contributed by atoms with Crippen LogP contribution in [0.4, 0.5) is 5.69 Å². The highest BCUT2D eigenvalue weighted by Gasteiger charge is 2.15. The molecule has 0 atom stereocenters. The number of aromatic nitrogens is 2. The Labute approximate surface area is 114 Å². The number of H-pyrrole nitrogens is 1. The second-order valence-electron chi connectivity index (χ2n) is 5.60. The highest BCUT2D eigenvalue weighted by molar-refractivity contribution is 5.59. The lowest BCUT2D eigenvalue weighted by atomic mass is 9.87. The van der Waals surface area contributed by atoms with Crippen molar-refractivity contribution in [3.8, 4) is 5.75 Å². The standard InChI is InChI=1S/C15H21N3O/c1-15(2,3)11-5-6-14(19-4)13(9-11)16-10-12-7-8-17-18-12/h5-9,16H,10H2,1-4H3,(H,17,18). The quantitative estimate of drug-likeness (QED) is 0.885. The van der Waals surface area contributed by atoms with Crippen molar-refractivity contribution in [1.82, 2.24) is 10.2 Å². The Morgan fingerprint density at radius 2 is 2.05 bits per heavy atom. The minimum atomic E-state index is 0.122. The normalized spacial score (nSPS) is 11.4. The number of hydrogen-bond donors (Lipinski definition) is 2. The van der Waals surface area contributed by atoms with Crippen molar-refractivity contribution in [1.29, 1.82) is 0 Å². The van der Waals surface area contributed by atoms with Gasteiger partial charge in [0.15, 0.2) is 0 Å². The van der Waals surface area contributed by atoms with Crippen LogP contribution in [0.3, 0.4) is 0 Å². The van der Waals surface area contributed by atoms with E-state index in [1.54, 1.807) is 13.3 Å². The highest BCUT2D eigenvalue weighted by atomic mass is 16.5. The number of methoxy groups -OCH3 is 1. The lowest BCUT2D eigenvalue weighted by Crippen LogP contribution is -2.12. The average molecular weight is 259 g/mol. The van der Waals surface area contributed by atoms with E-state index in [0.717, 1.165) is 17.1 Å². The zero-order valence-electron chi connectivity index (χ0n) is 11.9. The number of nitrogens with one attached hydrogen (secondary N) is 2. The average Bonchev–Trinajstić information content (AvgIpc) is 2.88. The van der Waals surface area contributed by atoms with Crippen molar-refractivity contribution in [2.45, 2.75) is 32.7 Å². The van der Waals surface area contributed by atoms with Gasteiger partial charge in [-0.15, -0.1) is 0 Å². The van der Waals surface area contributed by atoms with E-state index in [0.29, 0.717) is 6.54 Å². The van der Waals surface area contributed by atoms with E-state index in [2.05, 4.69) is 48.4 Å². The second-order valence-corrected chi connectivity index (χ2v) is 5.60. The fourth-order valence-corrected chi connectivity index (χ4v) is 1.89. The summed E-state index contributed by atoms with van der Waals surface area (Å²) < 4.78 is 5.39. The summed E-state index contributed by atoms with van der Waals surface area (Å²) in [6, 6.07) is 8.22. The van der Waals surface area contributed by atoms with Gasteiger partial charge in [-0.25, -0.2) is 0 Å². The Morgan fingerprint density at radius 1 is 1.26 bits per heavy atom. The van der Waals surface area contributed by atoms with E-state index in [1.165, 1.54) is 5.56 Å². The van der Waals surface area contributed by atoms with Gasteiger partial charge in [0.05, 0.1) is 25.0 Å². The van der Waals surface area contributed by atoms with Crippen molar-refractivity contribution in [2.24, 2.45) is 0 Å². The number of anilines is 1. The van der Waals surface area contributed by atoms with Gasteiger partial charge in [-0.3, -0.25) is 5.10 Å². The Morgan fingerprint density at radius 3 is 2.63 bits per heavy atom. The van der Waals surface area contributed by atoms with Crippen LogP contribution in [0.5, 0.6) is 5.75 Å². The van der Waals surface area contributed by atoms with Gasteiger partial charge in [0.25, 0.3) is 0 Å². The Bertz CT molecular complexity index is 527. The predicted molar refractivity (Wildman–Crippen MR) is 77.6 cm³/mol. The van der Waals surface area contributed by atoms with Gasteiger partial charge in [-0.05, 0) is 29.2 Å². The summed E-state index contributed by atoms with van der Waals surface area (Å²) in [6.45, 7) is 7.30. The number of ether oxygens (including phenoxy) is 1. The predicted octanol–water partition coefficient (Wildman–Crippen LogP) is 3.33. The third-order valence-electron chi connectivity index (χ3n) is 3.09. The summed E-state index contributed by atoms with van der Waals surface area (Å²) in [5.74, 6) is 0.854. The summed E-state index contributed by atoms with van der Waals surface area (Å²) in [6.07, 6.45) is 1.75. The molecule has 0 radical (unpaired) electrons. The molecule has 2 aromatic rings. The number of benzene rings is 1. The van der Waals surface area contributed by atoms with Gasteiger partial charge in [0, 0.05) is 6.20 Å². The summed E-state index contributed by atoms with van der Waals surface area (Å²) in [5.41, 5.74) is 3.45. The first-order valence-corrected chi connectivity index (χ1v) is 6.41. The molecule has 1 aromatic carbocycles. The molecule has 0 aliphatic rings. The zero-order valence-corrected chi connectivity index (χ0v) is 11.9. The van der Waals surface area contributed by atoms with Crippen LogP contribution in [-0.2, 0) is 12.0 Å². The summed E-state index contributed by atoms with van der Waals surface area (Å²) in [4.78, 5) is 0. The van der Waals surface area contributed by atoms with E-state index in [1.807, 2.05) is 12.1 Å². The van der Waals surface area contributed by atoms with Gasteiger partial charge in [-0.2, -0.15) is 5.10 Å².